The van der Waals surface area contributed by atoms with Crippen molar-refractivity contribution in [2.45, 2.75) is 43.4 Å². The van der Waals surface area contributed by atoms with E-state index in [1.54, 1.807) is 21.7 Å². The van der Waals surface area contributed by atoms with Gasteiger partial charge in [0.2, 0.25) is 0 Å². The minimum Gasteiger partial charge on any atom is -0.241 e. The second-order valence-corrected chi connectivity index (χ2v) is 9.59. The first-order valence-electron chi connectivity index (χ1n) is 7.02. The van der Waals surface area contributed by atoms with Crippen molar-refractivity contribution in [3.05, 3.63) is 22.5 Å². The molecule has 1 aliphatic rings. The van der Waals surface area contributed by atoms with E-state index in [0.29, 0.717) is 10.8 Å². The van der Waals surface area contributed by atoms with E-state index >= 15 is 0 Å². The number of hydrogen-bond acceptors (Lipinski definition) is 5. The van der Waals surface area contributed by atoms with Crippen molar-refractivity contribution in [2.75, 3.05) is 6.54 Å². The number of nitrogens with zero attached hydrogens (tertiary/aromatic N) is 2. The molecule has 1 aliphatic heterocycles. The SMILES string of the molecule is Cc1nc(-c2ccc(S(=O)(=O)N3CCCC[C@@H]3C)s2)cs1. The Bertz CT molecular complexity index is 733. The van der Waals surface area contributed by atoms with Crippen molar-refractivity contribution in [2.24, 2.45) is 0 Å². The molecule has 0 N–H and O–H groups in total. The first-order chi connectivity index (χ1) is 9.98. The molecule has 0 bridgehead atoms. The lowest BCUT2D eigenvalue weighted by Gasteiger charge is -2.31. The van der Waals surface area contributed by atoms with Gasteiger partial charge in [-0.3, -0.25) is 0 Å². The molecule has 1 fully saturated rings. The van der Waals surface area contributed by atoms with Crippen LogP contribution in [0.15, 0.2) is 21.7 Å². The van der Waals surface area contributed by atoms with Crippen LogP contribution in [-0.4, -0.2) is 30.3 Å². The van der Waals surface area contributed by atoms with E-state index in [-0.39, 0.29) is 6.04 Å². The van der Waals surface area contributed by atoms with Gasteiger partial charge in [0.1, 0.15) is 4.21 Å². The van der Waals surface area contributed by atoms with Crippen molar-refractivity contribution in [3.63, 3.8) is 0 Å². The molecule has 0 spiro atoms. The van der Waals surface area contributed by atoms with E-state index in [2.05, 4.69) is 4.98 Å². The van der Waals surface area contributed by atoms with Crippen LogP contribution in [0, 0.1) is 6.92 Å². The lowest BCUT2D eigenvalue weighted by Crippen LogP contribution is -2.41. The number of thiazole rings is 1. The zero-order chi connectivity index (χ0) is 15.0. The third-order valence-electron chi connectivity index (χ3n) is 3.76. The summed E-state index contributed by atoms with van der Waals surface area (Å²) in [6.45, 7) is 4.58. The number of hydrogen-bond donors (Lipinski definition) is 0. The fourth-order valence-electron chi connectivity index (χ4n) is 2.62. The van der Waals surface area contributed by atoms with E-state index in [1.165, 1.54) is 11.3 Å². The summed E-state index contributed by atoms with van der Waals surface area (Å²) in [4.78, 5) is 5.34. The maximum atomic E-state index is 12.8. The molecule has 0 aromatic carbocycles. The van der Waals surface area contributed by atoms with Gasteiger partial charge < -0.3 is 0 Å². The van der Waals surface area contributed by atoms with Gasteiger partial charge in [-0.15, -0.1) is 22.7 Å². The standard InChI is InChI=1S/C14H18N2O2S3/c1-10-5-3-4-8-16(10)21(17,18)14-7-6-13(20-14)12-9-19-11(2)15-12/h6-7,9-10H,3-5,8H2,1-2H3/t10-/m0/s1. The molecule has 0 aliphatic carbocycles. The first kappa shape index (κ1) is 15.1. The second kappa shape index (κ2) is 5.79. The molecular formula is C14H18N2O2S3. The lowest BCUT2D eigenvalue weighted by atomic mass is 10.1. The molecule has 0 unspecified atom stereocenters. The molecular weight excluding hydrogens is 324 g/mol. The van der Waals surface area contributed by atoms with Gasteiger partial charge in [-0.1, -0.05) is 6.42 Å². The van der Waals surface area contributed by atoms with Crippen LogP contribution < -0.4 is 0 Å². The first-order valence-corrected chi connectivity index (χ1v) is 10.2. The molecule has 3 heterocycles. The number of rotatable bonds is 3. The lowest BCUT2D eigenvalue weighted by molar-refractivity contribution is 0.269. The molecule has 4 nitrogen and oxygen atoms in total. The van der Waals surface area contributed by atoms with E-state index < -0.39 is 10.0 Å². The predicted octanol–water partition coefficient (Wildman–Crippen LogP) is 3.74. The average Bonchev–Trinajstić information content (AvgIpc) is 3.07. The molecule has 7 heteroatoms. The number of piperidine rings is 1. The second-order valence-electron chi connectivity index (χ2n) is 5.33. The summed E-state index contributed by atoms with van der Waals surface area (Å²) in [6, 6.07) is 3.67. The highest BCUT2D eigenvalue weighted by Gasteiger charge is 2.32. The highest BCUT2D eigenvalue weighted by Crippen LogP contribution is 2.34. The Balaban J connectivity index is 1.91. The van der Waals surface area contributed by atoms with Gasteiger partial charge in [-0.05, 0) is 38.8 Å². The minimum atomic E-state index is -3.36. The zero-order valence-corrected chi connectivity index (χ0v) is 14.5. The molecule has 2 aromatic rings. The van der Waals surface area contributed by atoms with E-state index in [4.69, 9.17) is 0 Å². The number of aromatic nitrogens is 1. The van der Waals surface area contributed by atoms with Gasteiger partial charge in [0.15, 0.2) is 0 Å². The van der Waals surface area contributed by atoms with E-state index in [9.17, 15) is 8.42 Å². The van der Waals surface area contributed by atoms with Gasteiger partial charge >= 0.3 is 0 Å². The van der Waals surface area contributed by atoms with Crippen LogP contribution in [-0.2, 0) is 10.0 Å². The Morgan fingerprint density at radius 1 is 1.33 bits per heavy atom. The number of sulfonamides is 1. The summed E-state index contributed by atoms with van der Waals surface area (Å²) < 4.78 is 27.6. The van der Waals surface area contributed by atoms with Crippen molar-refractivity contribution >= 4 is 32.7 Å². The fourth-order valence-corrected chi connectivity index (χ4v) is 6.40. The fraction of sp³-hybridized carbons (Fsp3) is 0.500. The Morgan fingerprint density at radius 2 is 2.14 bits per heavy atom. The molecule has 3 rings (SSSR count). The van der Waals surface area contributed by atoms with Crippen molar-refractivity contribution in [1.82, 2.24) is 9.29 Å². The molecule has 0 saturated carbocycles. The summed E-state index contributed by atoms with van der Waals surface area (Å²) in [5.74, 6) is 0. The van der Waals surface area contributed by atoms with Crippen LogP contribution in [0.3, 0.4) is 0 Å². The molecule has 2 aromatic heterocycles. The van der Waals surface area contributed by atoms with Crippen LogP contribution >= 0.6 is 22.7 Å². The Morgan fingerprint density at radius 3 is 2.81 bits per heavy atom. The van der Waals surface area contributed by atoms with E-state index in [1.807, 2.05) is 25.3 Å². The van der Waals surface area contributed by atoms with Gasteiger partial charge in [0, 0.05) is 18.0 Å². The third kappa shape index (κ3) is 2.92. The average molecular weight is 343 g/mol. The smallest absolute Gasteiger partial charge is 0.241 e. The molecule has 0 amide bonds. The van der Waals surface area contributed by atoms with Crippen molar-refractivity contribution in [1.29, 1.82) is 0 Å². The highest BCUT2D eigenvalue weighted by atomic mass is 32.2. The summed E-state index contributed by atoms with van der Waals surface area (Å²) in [5.41, 5.74) is 0.871. The van der Waals surface area contributed by atoms with Crippen LogP contribution in [0.1, 0.15) is 31.2 Å². The molecule has 1 saturated heterocycles. The van der Waals surface area contributed by atoms with Gasteiger partial charge in [0.05, 0.1) is 15.6 Å². The summed E-state index contributed by atoms with van der Waals surface area (Å²) in [6.07, 6.45) is 3.01. The topological polar surface area (TPSA) is 50.3 Å². The molecule has 1 atom stereocenters. The summed E-state index contributed by atoms with van der Waals surface area (Å²) in [5, 5.41) is 2.97. The van der Waals surface area contributed by atoms with Gasteiger partial charge in [0.25, 0.3) is 10.0 Å². The van der Waals surface area contributed by atoms with E-state index in [0.717, 1.165) is 34.8 Å². The van der Waals surface area contributed by atoms with Crippen LogP contribution in [0.2, 0.25) is 0 Å². The van der Waals surface area contributed by atoms with Crippen LogP contribution in [0.25, 0.3) is 10.6 Å². The Labute approximate surface area is 133 Å². The minimum absolute atomic E-state index is 0.0933. The highest BCUT2D eigenvalue weighted by molar-refractivity contribution is 7.91. The molecule has 0 radical (unpaired) electrons. The Hall–Kier alpha value is -0.760. The van der Waals surface area contributed by atoms with Crippen LogP contribution in [0.5, 0.6) is 0 Å². The normalized spacial score (nSPS) is 20.8. The summed E-state index contributed by atoms with van der Waals surface area (Å²) in [7, 11) is -3.36. The monoisotopic (exact) mass is 342 g/mol. The largest absolute Gasteiger partial charge is 0.252 e. The number of thiophene rings is 1. The molecule has 114 valence electrons. The maximum absolute atomic E-state index is 12.8. The quantitative estimate of drug-likeness (QED) is 0.854. The van der Waals surface area contributed by atoms with Crippen LogP contribution in [0.4, 0.5) is 0 Å². The predicted molar refractivity (Wildman–Crippen MR) is 87.4 cm³/mol. The van der Waals surface area contributed by atoms with Crippen molar-refractivity contribution in [3.8, 4) is 10.6 Å². The van der Waals surface area contributed by atoms with Gasteiger partial charge in [-0.25, -0.2) is 13.4 Å². The third-order valence-corrected chi connectivity index (χ3v) is 8.12. The number of aryl methyl sites for hydroxylation is 1. The zero-order valence-electron chi connectivity index (χ0n) is 12.1. The maximum Gasteiger partial charge on any atom is 0.252 e. The summed E-state index contributed by atoms with van der Waals surface area (Å²) >= 11 is 2.90. The van der Waals surface area contributed by atoms with Crippen molar-refractivity contribution < 1.29 is 8.42 Å². The van der Waals surface area contributed by atoms with Gasteiger partial charge in [-0.2, -0.15) is 4.31 Å². The Kier molecular flexibility index (Phi) is 4.18. The molecule has 21 heavy (non-hydrogen) atoms.